The number of carboxylic acid groups (broad SMARTS) is 1. The summed E-state index contributed by atoms with van der Waals surface area (Å²) in [5, 5.41) is 12.5. The molecule has 0 radical (unpaired) electrons. The molecule has 1 fully saturated rings. The fourth-order valence-corrected chi connectivity index (χ4v) is 4.63. The third-order valence-corrected chi connectivity index (χ3v) is 6.76. The van der Waals surface area contributed by atoms with E-state index in [0.717, 1.165) is 24.2 Å². The number of benzene rings is 2. The molecule has 0 aromatic heterocycles. The molecule has 33 heavy (non-hydrogen) atoms. The molecule has 2 N–H and O–H groups in total. The number of amides is 1. The number of hydrogen-bond acceptors (Lipinski definition) is 4. The summed E-state index contributed by atoms with van der Waals surface area (Å²) in [4.78, 5) is 23.9. The van der Waals surface area contributed by atoms with Crippen molar-refractivity contribution in [3.8, 4) is 17.2 Å². The summed E-state index contributed by atoms with van der Waals surface area (Å²) in [6.45, 7) is 4.58. The van der Waals surface area contributed by atoms with E-state index < -0.39 is 5.97 Å². The number of hydrogen-bond donors (Lipinski definition) is 2. The van der Waals surface area contributed by atoms with Crippen molar-refractivity contribution in [2.45, 2.75) is 45.4 Å². The number of carbonyl (C=O) groups excluding carboxylic acids is 1. The van der Waals surface area contributed by atoms with Crippen LogP contribution < -0.4 is 14.8 Å². The molecule has 1 saturated carbocycles. The zero-order valence-electron chi connectivity index (χ0n) is 19.0. The fourth-order valence-electron chi connectivity index (χ4n) is 4.09. The highest BCUT2D eigenvalue weighted by Crippen LogP contribution is 2.40. The number of aliphatic carboxylic acids is 1. The summed E-state index contributed by atoms with van der Waals surface area (Å²) >= 11 is 12.9. The molecule has 6 nitrogen and oxygen atoms in total. The van der Waals surface area contributed by atoms with Crippen molar-refractivity contribution in [3.63, 3.8) is 0 Å². The molecule has 0 saturated heterocycles. The van der Waals surface area contributed by atoms with E-state index >= 15 is 0 Å². The maximum atomic E-state index is 12.8. The second-order valence-electron chi connectivity index (χ2n) is 8.66. The summed E-state index contributed by atoms with van der Waals surface area (Å²) in [6, 6.07) is 8.61. The Labute approximate surface area is 204 Å². The van der Waals surface area contributed by atoms with Crippen molar-refractivity contribution < 1.29 is 24.2 Å². The first kappa shape index (κ1) is 25.2. The summed E-state index contributed by atoms with van der Waals surface area (Å²) < 4.78 is 11.4. The molecule has 1 amide bonds. The van der Waals surface area contributed by atoms with Crippen LogP contribution in [0.15, 0.2) is 30.3 Å². The van der Waals surface area contributed by atoms with E-state index in [2.05, 4.69) is 19.2 Å². The van der Waals surface area contributed by atoms with E-state index in [9.17, 15) is 9.59 Å². The molecule has 0 heterocycles. The van der Waals surface area contributed by atoms with Crippen LogP contribution in [0, 0.1) is 11.8 Å². The number of nitrogens with one attached hydrogen (secondary N) is 1. The van der Waals surface area contributed by atoms with Gasteiger partial charge in [-0.1, -0.05) is 37.0 Å². The Balaban J connectivity index is 1.71. The lowest BCUT2D eigenvalue weighted by Gasteiger charge is -2.26. The Morgan fingerprint density at radius 2 is 1.82 bits per heavy atom. The third-order valence-electron chi connectivity index (χ3n) is 6.08. The molecule has 0 unspecified atom stereocenters. The van der Waals surface area contributed by atoms with Crippen LogP contribution in [0.1, 0.15) is 61.4 Å². The lowest BCUT2D eigenvalue weighted by atomic mass is 9.82. The quantitative estimate of drug-likeness (QED) is 0.435. The van der Waals surface area contributed by atoms with Crippen molar-refractivity contribution in [3.05, 3.63) is 51.5 Å². The van der Waals surface area contributed by atoms with Gasteiger partial charge in [0.25, 0.3) is 5.91 Å². The summed E-state index contributed by atoms with van der Waals surface area (Å²) in [7, 11) is 1.62. The lowest BCUT2D eigenvalue weighted by molar-refractivity contribution is -0.143. The minimum Gasteiger partial charge on any atom is -0.496 e. The molecule has 0 atom stereocenters. The average Bonchev–Trinajstić information content (AvgIpc) is 2.80. The number of ether oxygens (including phenoxy) is 2. The van der Waals surface area contributed by atoms with Crippen LogP contribution in [0.4, 0.5) is 0 Å². The number of halogens is 2. The first-order chi connectivity index (χ1) is 15.7. The Morgan fingerprint density at radius 1 is 1.12 bits per heavy atom. The highest BCUT2D eigenvalue weighted by Gasteiger charge is 2.26. The first-order valence-corrected chi connectivity index (χ1v) is 11.8. The van der Waals surface area contributed by atoms with Gasteiger partial charge >= 0.3 is 5.97 Å². The van der Waals surface area contributed by atoms with Crippen molar-refractivity contribution in [1.82, 2.24) is 5.32 Å². The molecular formula is C25H29Cl2NO5. The van der Waals surface area contributed by atoms with E-state index in [0.29, 0.717) is 30.2 Å². The van der Waals surface area contributed by atoms with Gasteiger partial charge in [0.05, 0.1) is 28.6 Å². The fraction of sp³-hybridized carbons (Fsp3) is 0.440. The van der Waals surface area contributed by atoms with E-state index in [1.807, 2.05) is 12.1 Å². The number of carbonyl (C=O) groups is 2. The molecule has 8 heteroatoms. The molecule has 1 aliphatic carbocycles. The predicted molar refractivity (Wildman–Crippen MR) is 129 cm³/mol. The Bertz CT molecular complexity index is 1020. The van der Waals surface area contributed by atoms with Crippen LogP contribution in [0.25, 0.3) is 0 Å². The van der Waals surface area contributed by atoms with Crippen LogP contribution >= 0.6 is 23.2 Å². The van der Waals surface area contributed by atoms with Gasteiger partial charge in [-0.15, -0.1) is 0 Å². The van der Waals surface area contributed by atoms with E-state index in [1.54, 1.807) is 25.3 Å². The van der Waals surface area contributed by atoms with Gasteiger partial charge in [0, 0.05) is 12.1 Å². The standard InChI is InChI=1S/C25H29Cl2NO5/c1-14(2)19-12-17(8-11-21(19)32-3)33-23-20(26)10-9-18(22(23)27)24(29)28-13-15-4-6-16(7-5-15)25(30)31/h8-12,14-16H,4-7,13H2,1-3H3,(H,28,29)(H,30,31). The van der Waals surface area contributed by atoms with Crippen molar-refractivity contribution in [2.24, 2.45) is 11.8 Å². The van der Waals surface area contributed by atoms with Gasteiger partial charge < -0.3 is 19.9 Å². The van der Waals surface area contributed by atoms with Crippen LogP contribution in [-0.4, -0.2) is 30.6 Å². The highest BCUT2D eigenvalue weighted by atomic mass is 35.5. The Morgan fingerprint density at radius 3 is 2.42 bits per heavy atom. The maximum Gasteiger partial charge on any atom is 0.306 e. The smallest absolute Gasteiger partial charge is 0.306 e. The van der Waals surface area contributed by atoms with E-state index in [-0.39, 0.29) is 40.0 Å². The normalized spacial score (nSPS) is 18.1. The predicted octanol–water partition coefficient (Wildman–Crippen LogP) is 6.54. The molecule has 3 rings (SSSR count). The molecule has 2 aromatic carbocycles. The van der Waals surface area contributed by atoms with E-state index in [4.69, 9.17) is 37.8 Å². The van der Waals surface area contributed by atoms with Gasteiger partial charge in [-0.05, 0) is 67.9 Å². The monoisotopic (exact) mass is 493 g/mol. The lowest BCUT2D eigenvalue weighted by Crippen LogP contribution is -2.32. The van der Waals surface area contributed by atoms with Gasteiger partial charge in [0.15, 0.2) is 5.75 Å². The van der Waals surface area contributed by atoms with Gasteiger partial charge in [-0.3, -0.25) is 9.59 Å². The van der Waals surface area contributed by atoms with Crippen LogP contribution in [0.3, 0.4) is 0 Å². The largest absolute Gasteiger partial charge is 0.496 e. The molecule has 2 aromatic rings. The van der Waals surface area contributed by atoms with Crippen LogP contribution in [0.5, 0.6) is 17.2 Å². The van der Waals surface area contributed by atoms with Gasteiger partial charge in [-0.2, -0.15) is 0 Å². The summed E-state index contributed by atoms with van der Waals surface area (Å²) in [6.07, 6.45) is 2.82. The molecule has 178 valence electrons. The highest BCUT2D eigenvalue weighted by molar-refractivity contribution is 6.39. The van der Waals surface area contributed by atoms with Crippen molar-refractivity contribution in [2.75, 3.05) is 13.7 Å². The SMILES string of the molecule is COc1ccc(Oc2c(Cl)ccc(C(=O)NCC3CCC(C(=O)O)CC3)c2Cl)cc1C(C)C. The zero-order chi connectivity index (χ0) is 24.1. The molecule has 0 spiro atoms. The number of rotatable bonds is 8. The van der Waals surface area contributed by atoms with Gasteiger partial charge in [-0.25, -0.2) is 0 Å². The van der Waals surface area contributed by atoms with Gasteiger partial charge in [0.1, 0.15) is 11.5 Å². The molecule has 1 aliphatic rings. The zero-order valence-corrected chi connectivity index (χ0v) is 20.5. The second kappa shape index (κ2) is 11.1. The van der Waals surface area contributed by atoms with Crippen LogP contribution in [0.2, 0.25) is 10.0 Å². The minimum atomic E-state index is -0.740. The minimum absolute atomic E-state index is 0.136. The Hall–Kier alpha value is -2.44. The van der Waals surface area contributed by atoms with Crippen molar-refractivity contribution >= 4 is 35.1 Å². The topological polar surface area (TPSA) is 84.9 Å². The number of methoxy groups -OCH3 is 1. The van der Waals surface area contributed by atoms with Gasteiger partial charge in [0.2, 0.25) is 0 Å². The first-order valence-electron chi connectivity index (χ1n) is 11.1. The summed E-state index contributed by atoms with van der Waals surface area (Å²) in [5.41, 5.74) is 1.25. The second-order valence-corrected chi connectivity index (χ2v) is 9.45. The number of carboxylic acids is 1. The molecular weight excluding hydrogens is 465 g/mol. The summed E-state index contributed by atoms with van der Waals surface area (Å²) in [5.74, 6) is 0.646. The average molecular weight is 494 g/mol. The maximum absolute atomic E-state index is 12.8. The van der Waals surface area contributed by atoms with Crippen LogP contribution in [-0.2, 0) is 4.79 Å². The van der Waals surface area contributed by atoms with Crippen molar-refractivity contribution in [1.29, 1.82) is 0 Å². The van der Waals surface area contributed by atoms with E-state index in [1.165, 1.54) is 0 Å². The third kappa shape index (κ3) is 6.12. The molecule has 0 bridgehead atoms. The molecule has 0 aliphatic heterocycles. The Kier molecular flexibility index (Phi) is 8.49.